The van der Waals surface area contributed by atoms with E-state index in [1.807, 2.05) is 0 Å². The maximum absolute atomic E-state index is 13.9. The average molecular weight is 525 g/mol. The van der Waals surface area contributed by atoms with Gasteiger partial charge in [0.15, 0.2) is 0 Å². The molecule has 4 rings (SSSR count). The molecular formula is C24H24F4N4O3S. The van der Waals surface area contributed by atoms with Gasteiger partial charge in [-0.15, -0.1) is 0 Å². The highest BCUT2D eigenvalue weighted by molar-refractivity contribution is 7.92. The number of amides is 1. The molecule has 0 saturated heterocycles. The van der Waals surface area contributed by atoms with E-state index in [4.69, 9.17) is 0 Å². The molecule has 1 heterocycles. The lowest BCUT2D eigenvalue weighted by atomic mass is 9.90. The van der Waals surface area contributed by atoms with Crippen LogP contribution in [0.2, 0.25) is 0 Å². The fraction of sp³-hybridized carbons (Fsp3) is 0.333. The van der Waals surface area contributed by atoms with Crippen molar-refractivity contribution in [2.24, 2.45) is 0 Å². The van der Waals surface area contributed by atoms with E-state index in [9.17, 15) is 30.8 Å². The number of nitrogens with zero attached hydrogens (tertiary/aromatic N) is 1. The van der Waals surface area contributed by atoms with Gasteiger partial charge in [0.2, 0.25) is 10.0 Å². The first kappa shape index (κ1) is 25.7. The lowest BCUT2D eigenvalue weighted by Crippen LogP contribution is -2.41. The van der Waals surface area contributed by atoms with Crippen LogP contribution in [0.3, 0.4) is 0 Å². The molecule has 192 valence electrons. The van der Waals surface area contributed by atoms with Crippen LogP contribution in [0.15, 0.2) is 48.5 Å². The smallest absolute Gasteiger partial charge is 0.382 e. The Morgan fingerprint density at radius 1 is 1.06 bits per heavy atom. The van der Waals surface area contributed by atoms with Crippen LogP contribution in [0, 0.1) is 5.82 Å². The molecule has 1 aliphatic rings. The number of benzene rings is 2. The van der Waals surface area contributed by atoms with Gasteiger partial charge < -0.3 is 10.6 Å². The summed E-state index contributed by atoms with van der Waals surface area (Å²) in [7, 11) is -3.50. The van der Waals surface area contributed by atoms with Crippen LogP contribution in [0.1, 0.15) is 41.7 Å². The number of carbonyl (C=O) groups is 1. The number of fused-ring (bicyclic) bond motifs is 1. The molecule has 1 amide bonds. The maximum atomic E-state index is 13.9. The summed E-state index contributed by atoms with van der Waals surface area (Å²) >= 11 is 0. The van der Waals surface area contributed by atoms with E-state index in [1.165, 1.54) is 18.2 Å². The molecule has 1 fully saturated rings. The van der Waals surface area contributed by atoms with Crippen LogP contribution in [-0.4, -0.2) is 37.6 Å². The van der Waals surface area contributed by atoms with Crippen molar-refractivity contribution in [3.8, 4) is 0 Å². The van der Waals surface area contributed by atoms with Crippen molar-refractivity contribution in [1.82, 2.24) is 10.3 Å². The minimum Gasteiger partial charge on any atom is -0.382 e. The highest BCUT2D eigenvalue weighted by Gasteiger charge is 2.34. The summed E-state index contributed by atoms with van der Waals surface area (Å²) in [6, 6.07) is 9.82. The van der Waals surface area contributed by atoms with Crippen LogP contribution < -0.4 is 15.4 Å². The lowest BCUT2D eigenvalue weighted by molar-refractivity contribution is -0.140. The van der Waals surface area contributed by atoms with Crippen molar-refractivity contribution >= 4 is 38.2 Å². The van der Waals surface area contributed by atoms with Crippen molar-refractivity contribution in [2.45, 2.75) is 43.9 Å². The quantitative estimate of drug-likeness (QED) is 0.398. The molecule has 2 aromatic carbocycles. The topological polar surface area (TPSA) is 100 Å². The van der Waals surface area contributed by atoms with Crippen LogP contribution in [0.25, 0.3) is 10.9 Å². The molecule has 3 N–H and O–H groups in total. The van der Waals surface area contributed by atoms with Crippen LogP contribution >= 0.6 is 0 Å². The molecule has 1 saturated carbocycles. The number of hydrogen-bond donors (Lipinski definition) is 3. The van der Waals surface area contributed by atoms with E-state index >= 15 is 0 Å². The van der Waals surface area contributed by atoms with E-state index < -0.39 is 33.6 Å². The molecule has 1 aromatic heterocycles. The standard InChI is InChI=1S/C24H24F4N4O3S/c1-36(34,35)32-18-7-2-4-14(10-18)23(33)30-17-6-3-5-16(12-17)29-21-13-22(24(26,27)28)31-20-9-8-15(25)11-19(20)21/h2,4,7-11,13,16-17,32H,3,5-6,12H2,1H3,(H,29,31)(H,30,33)/t16-,17+/m0/s1. The Balaban J connectivity index is 1.50. The summed E-state index contributed by atoms with van der Waals surface area (Å²) in [6.45, 7) is 0. The Kier molecular flexibility index (Phi) is 7.07. The minimum atomic E-state index is -4.66. The Hall–Kier alpha value is -3.41. The summed E-state index contributed by atoms with van der Waals surface area (Å²) in [5.41, 5.74) is -0.401. The SMILES string of the molecule is CS(=O)(=O)Nc1cccc(C(=O)N[C@@H]2CCC[C@H](Nc3cc(C(F)(F)F)nc4ccc(F)cc34)C2)c1. The number of anilines is 2. The van der Waals surface area contributed by atoms with Crippen molar-refractivity contribution < 1.29 is 30.8 Å². The van der Waals surface area contributed by atoms with Gasteiger partial charge in [-0.05, 0) is 68.1 Å². The Bertz CT molecular complexity index is 1400. The zero-order chi connectivity index (χ0) is 26.1. The van der Waals surface area contributed by atoms with Crippen molar-refractivity contribution in [3.63, 3.8) is 0 Å². The third-order valence-corrected chi connectivity index (χ3v) is 6.46. The predicted molar refractivity (Wildman–Crippen MR) is 129 cm³/mol. The van der Waals surface area contributed by atoms with E-state index in [-0.39, 0.29) is 39.9 Å². The molecule has 36 heavy (non-hydrogen) atoms. The molecule has 2 atom stereocenters. The second-order valence-electron chi connectivity index (χ2n) is 8.85. The van der Waals surface area contributed by atoms with Crippen LogP contribution in [0.5, 0.6) is 0 Å². The van der Waals surface area contributed by atoms with Crippen molar-refractivity contribution in [3.05, 3.63) is 65.6 Å². The predicted octanol–water partition coefficient (Wildman–Crippen LogP) is 4.92. The fourth-order valence-corrected chi connectivity index (χ4v) is 4.90. The third-order valence-electron chi connectivity index (χ3n) is 5.86. The molecule has 0 unspecified atom stereocenters. The van der Waals surface area contributed by atoms with E-state index in [1.54, 1.807) is 12.1 Å². The molecule has 1 aliphatic carbocycles. The second kappa shape index (κ2) is 9.92. The summed E-state index contributed by atoms with van der Waals surface area (Å²) in [6.07, 6.45) is -1.18. The second-order valence-corrected chi connectivity index (χ2v) is 10.6. The number of rotatable bonds is 6. The zero-order valence-electron chi connectivity index (χ0n) is 19.2. The highest BCUT2D eigenvalue weighted by atomic mass is 32.2. The van der Waals surface area contributed by atoms with Gasteiger partial charge in [0.1, 0.15) is 11.5 Å². The normalized spacial score (nSPS) is 18.6. The Labute approximate surface area is 205 Å². The van der Waals surface area contributed by atoms with Gasteiger partial charge in [0.05, 0.1) is 11.8 Å². The van der Waals surface area contributed by atoms with E-state index in [0.717, 1.165) is 24.5 Å². The number of sulfonamides is 1. The van der Waals surface area contributed by atoms with Gasteiger partial charge in [-0.3, -0.25) is 9.52 Å². The number of nitrogens with one attached hydrogen (secondary N) is 3. The molecule has 7 nitrogen and oxygen atoms in total. The Morgan fingerprint density at radius 3 is 2.53 bits per heavy atom. The zero-order valence-corrected chi connectivity index (χ0v) is 20.0. The summed E-state index contributed by atoms with van der Waals surface area (Å²) in [5.74, 6) is -0.984. The number of alkyl halides is 3. The molecule has 0 spiro atoms. The summed E-state index contributed by atoms with van der Waals surface area (Å²) in [5, 5.41) is 6.26. The minimum absolute atomic E-state index is 0.0250. The van der Waals surface area contributed by atoms with Gasteiger partial charge in [-0.1, -0.05) is 6.07 Å². The first-order valence-corrected chi connectivity index (χ1v) is 13.1. The lowest BCUT2D eigenvalue weighted by Gasteiger charge is -2.31. The number of carbonyl (C=O) groups excluding carboxylic acids is 1. The van der Waals surface area contributed by atoms with E-state index in [0.29, 0.717) is 25.7 Å². The number of hydrogen-bond acceptors (Lipinski definition) is 5. The largest absolute Gasteiger partial charge is 0.433 e. The first-order chi connectivity index (χ1) is 16.9. The number of pyridine rings is 1. The molecule has 0 aliphatic heterocycles. The number of aromatic nitrogens is 1. The van der Waals surface area contributed by atoms with Crippen molar-refractivity contribution in [2.75, 3.05) is 16.3 Å². The molecule has 3 aromatic rings. The molecule has 0 bridgehead atoms. The fourth-order valence-electron chi connectivity index (χ4n) is 4.34. The molecule has 12 heteroatoms. The molecular weight excluding hydrogens is 500 g/mol. The average Bonchev–Trinajstić information content (AvgIpc) is 2.78. The van der Waals surface area contributed by atoms with Gasteiger partial charge in [0.25, 0.3) is 5.91 Å². The monoisotopic (exact) mass is 524 g/mol. The summed E-state index contributed by atoms with van der Waals surface area (Å²) < 4.78 is 79.3. The third kappa shape index (κ3) is 6.42. The first-order valence-electron chi connectivity index (χ1n) is 11.2. The van der Waals surface area contributed by atoms with Crippen LogP contribution in [0.4, 0.5) is 28.9 Å². The van der Waals surface area contributed by atoms with E-state index in [2.05, 4.69) is 20.3 Å². The van der Waals surface area contributed by atoms with Gasteiger partial charge in [-0.2, -0.15) is 13.2 Å². The van der Waals surface area contributed by atoms with Gasteiger partial charge in [-0.25, -0.2) is 17.8 Å². The van der Waals surface area contributed by atoms with Crippen molar-refractivity contribution in [1.29, 1.82) is 0 Å². The van der Waals surface area contributed by atoms with Crippen LogP contribution in [-0.2, 0) is 16.2 Å². The Morgan fingerprint density at radius 2 is 1.81 bits per heavy atom. The van der Waals surface area contributed by atoms with Gasteiger partial charge >= 0.3 is 6.18 Å². The highest BCUT2D eigenvalue weighted by Crippen LogP contribution is 2.34. The number of halogens is 4. The molecule has 0 radical (unpaired) electrons. The van der Waals surface area contributed by atoms with Gasteiger partial charge in [0, 0.05) is 34.4 Å². The summed E-state index contributed by atoms with van der Waals surface area (Å²) in [4.78, 5) is 16.4. The maximum Gasteiger partial charge on any atom is 0.433 e.